The lowest BCUT2D eigenvalue weighted by Gasteiger charge is -2.14. The Balaban J connectivity index is 2.08. The summed E-state index contributed by atoms with van der Waals surface area (Å²) in [7, 11) is 0. The van der Waals surface area contributed by atoms with Crippen molar-refractivity contribution in [1.29, 1.82) is 0 Å². The molecule has 3 nitrogen and oxygen atoms in total. The van der Waals surface area contributed by atoms with Gasteiger partial charge in [0.25, 0.3) is 0 Å². The molecule has 0 amide bonds. The fraction of sp³-hybridized carbons (Fsp3) is 0.375. The molecule has 136 valence electrons. The Morgan fingerprint density at radius 2 is 1.24 bits per heavy atom. The second kappa shape index (κ2) is 6.53. The smallest absolute Gasteiger partial charge is 0.395 e. The predicted octanol–water partition coefficient (Wildman–Crippen LogP) is 3.47. The molecule has 0 saturated carbocycles. The number of nitrogen functional groups attached to an aromatic ring is 1. The zero-order chi connectivity index (χ0) is 19.0. The van der Waals surface area contributed by atoms with Crippen LogP contribution >= 0.6 is 0 Å². The monoisotopic (exact) mass is 365 g/mol. The van der Waals surface area contributed by atoms with Gasteiger partial charge >= 0.3 is 12.4 Å². The van der Waals surface area contributed by atoms with E-state index in [1.54, 1.807) is 0 Å². The topological polar surface area (TPSA) is 60.2 Å². The van der Waals surface area contributed by atoms with Gasteiger partial charge in [0.2, 0.25) is 10.9 Å². The van der Waals surface area contributed by atoms with E-state index in [2.05, 4.69) is 0 Å². The van der Waals surface area contributed by atoms with Gasteiger partial charge in [0.1, 0.15) is 0 Å². The number of alkyl halides is 6. The van der Waals surface area contributed by atoms with E-state index in [1.165, 1.54) is 0 Å². The third-order valence-electron chi connectivity index (χ3n) is 3.84. The van der Waals surface area contributed by atoms with Gasteiger partial charge in [0.15, 0.2) is 0 Å². The first kappa shape index (κ1) is 19.0. The summed E-state index contributed by atoms with van der Waals surface area (Å²) in [5.41, 5.74) is 1.14. The highest BCUT2D eigenvalue weighted by molar-refractivity contribution is 5.52. The molecule has 2 aromatic carbocycles. The zero-order valence-corrected chi connectivity index (χ0v) is 12.7. The fourth-order valence-corrected chi connectivity index (χ4v) is 2.50. The van der Waals surface area contributed by atoms with Gasteiger partial charge in [0.05, 0.1) is 16.8 Å². The van der Waals surface area contributed by atoms with Crippen LogP contribution in [0.5, 0.6) is 0 Å². The summed E-state index contributed by atoms with van der Waals surface area (Å²) in [5.74, 6) is 0. The molecule has 0 bridgehead atoms. The Kier molecular flexibility index (Phi) is 4.97. The largest absolute Gasteiger partial charge is 0.416 e. The standard InChI is InChI=1S/C16H13F6NO2/c17-15(18,19)9-5-8(6-10(7-9)16(20,21)22)3-1-2-4-11-12(23)14(25)13(11)24/h5-7H,1-4,23H2. The first-order valence-corrected chi connectivity index (χ1v) is 7.27. The van der Waals surface area contributed by atoms with Crippen molar-refractivity contribution in [2.24, 2.45) is 0 Å². The van der Waals surface area contributed by atoms with Crippen molar-refractivity contribution in [2.75, 3.05) is 5.73 Å². The molecule has 0 aromatic heterocycles. The minimum Gasteiger partial charge on any atom is -0.395 e. The van der Waals surface area contributed by atoms with Crippen LogP contribution in [0.15, 0.2) is 27.8 Å². The summed E-state index contributed by atoms with van der Waals surface area (Å²) in [6, 6.07) is 1.44. The van der Waals surface area contributed by atoms with Gasteiger partial charge < -0.3 is 5.73 Å². The van der Waals surface area contributed by atoms with Crippen molar-refractivity contribution < 1.29 is 26.3 Å². The molecular weight excluding hydrogens is 352 g/mol. The molecule has 0 radical (unpaired) electrons. The maximum atomic E-state index is 12.7. The van der Waals surface area contributed by atoms with Crippen molar-refractivity contribution in [3.8, 4) is 0 Å². The third kappa shape index (κ3) is 4.21. The van der Waals surface area contributed by atoms with Crippen LogP contribution in [0.2, 0.25) is 0 Å². The molecule has 0 fully saturated rings. The van der Waals surface area contributed by atoms with Crippen LogP contribution < -0.4 is 16.6 Å². The highest BCUT2D eigenvalue weighted by Crippen LogP contribution is 2.36. The van der Waals surface area contributed by atoms with Crippen LogP contribution in [-0.4, -0.2) is 0 Å². The van der Waals surface area contributed by atoms with Crippen molar-refractivity contribution in [1.82, 2.24) is 0 Å². The second-order valence-corrected chi connectivity index (χ2v) is 5.67. The Morgan fingerprint density at radius 1 is 0.760 bits per heavy atom. The Hall–Kier alpha value is -2.32. The Bertz CT molecular complexity index is 812. The molecule has 0 saturated heterocycles. The molecule has 9 heteroatoms. The summed E-state index contributed by atoms with van der Waals surface area (Å²) in [6.45, 7) is 0. The first-order chi connectivity index (χ1) is 11.4. The Morgan fingerprint density at radius 3 is 1.68 bits per heavy atom. The number of unbranched alkanes of at least 4 members (excludes halogenated alkanes) is 1. The van der Waals surface area contributed by atoms with Crippen molar-refractivity contribution >= 4 is 5.69 Å². The SMILES string of the molecule is Nc1c(CCCCc2cc(C(F)(F)F)cc(C(F)(F)F)c2)c(=O)c1=O. The number of hydrogen-bond donors (Lipinski definition) is 1. The molecule has 25 heavy (non-hydrogen) atoms. The van der Waals surface area contributed by atoms with Crippen molar-refractivity contribution in [3.63, 3.8) is 0 Å². The number of aryl methyl sites for hydroxylation is 1. The van der Waals surface area contributed by atoms with Crippen molar-refractivity contribution in [2.45, 2.75) is 38.0 Å². The van der Waals surface area contributed by atoms with E-state index in [9.17, 15) is 35.9 Å². The summed E-state index contributed by atoms with van der Waals surface area (Å²) >= 11 is 0. The van der Waals surface area contributed by atoms with Gasteiger partial charge in [-0.15, -0.1) is 0 Å². The van der Waals surface area contributed by atoms with Crippen molar-refractivity contribution in [3.05, 3.63) is 60.9 Å². The van der Waals surface area contributed by atoms with Gasteiger partial charge in [-0.05, 0) is 49.4 Å². The maximum absolute atomic E-state index is 12.7. The Labute approximate surface area is 137 Å². The lowest BCUT2D eigenvalue weighted by molar-refractivity contribution is -0.143. The molecular formula is C16H13F6NO2. The van der Waals surface area contributed by atoms with Crippen LogP contribution in [0, 0.1) is 0 Å². The normalized spacial score (nSPS) is 12.7. The number of anilines is 1. The molecule has 0 aliphatic heterocycles. The second-order valence-electron chi connectivity index (χ2n) is 5.67. The van der Waals surface area contributed by atoms with E-state index in [0.717, 1.165) is 0 Å². The van der Waals surface area contributed by atoms with E-state index in [4.69, 9.17) is 5.73 Å². The number of hydrogen-bond acceptors (Lipinski definition) is 3. The minimum atomic E-state index is -4.88. The quantitative estimate of drug-likeness (QED) is 0.502. The molecule has 0 aliphatic rings. The van der Waals surface area contributed by atoms with Gasteiger partial charge in [-0.3, -0.25) is 9.59 Å². The van der Waals surface area contributed by atoms with Gasteiger partial charge in [-0.1, -0.05) is 0 Å². The van der Waals surface area contributed by atoms with Crippen LogP contribution in [0.4, 0.5) is 32.0 Å². The molecule has 0 atom stereocenters. The molecule has 0 unspecified atom stereocenters. The summed E-state index contributed by atoms with van der Waals surface area (Å²) in [6.07, 6.45) is -9.06. The molecule has 2 N–H and O–H groups in total. The number of benzene rings is 1. The fourth-order valence-electron chi connectivity index (χ4n) is 2.50. The minimum absolute atomic E-state index is 0.0255. The number of rotatable bonds is 5. The van der Waals surface area contributed by atoms with Crippen LogP contribution in [-0.2, 0) is 25.2 Å². The predicted molar refractivity (Wildman–Crippen MR) is 78.9 cm³/mol. The summed E-state index contributed by atoms with van der Waals surface area (Å²) in [4.78, 5) is 22.2. The molecule has 0 aliphatic carbocycles. The molecule has 0 heterocycles. The number of halogens is 6. The number of nitrogens with two attached hydrogens (primary N) is 1. The average molecular weight is 365 g/mol. The highest BCUT2D eigenvalue weighted by atomic mass is 19.4. The zero-order valence-electron chi connectivity index (χ0n) is 12.7. The lowest BCUT2D eigenvalue weighted by Crippen LogP contribution is -2.38. The average Bonchev–Trinajstić information content (AvgIpc) is 2.52. The molecule has 2 rings (SSSR count). The van der Waals surface area contributed by atoms with E-state index < -0.39 is 34.3 Å². The first-order valence-electron chi connectivity index (χ1n) is 7.27. The summed E-state index contributed by atoms with van der Waals surface area (Å²) < 4.78 is 76.5. The third-order valence-corrected chi connectivity index (χ3v) is 3.84. The van der Waals surface area contributed by atoms with E-state index in [-0.39, 0.29) is 42.1 Å². The van der Waals surface area contributed by atoms with Gasteiger partial charge in [-0.25, -0.2) is 0 Å². The highest BCUT2D eigenvalue weighted by Gasteiger charge is 2.36. The van der Waals surface area contributed by atoms with Gasteiger partial charge in [0, 0.05) is 5.56 Å². The van der Waals surface area contributed by atoms with Crippen LogP contribution in [0.1, 0.15) is 35.1 Å². The van der Waals surface area contributed by atoms with E-state index >= 15 is 0 Å². The van der Waals surface area contributed by atoms with Crippen LogP contribution in [0.25, 0.3) is 0 Å². The molecule has 0 spiro atoms. The van der Waals surface area contributed by atoms with Gasteiger partial charge in [-0.2, -0.15) is 26.3 Å². The van der Waals surface area contributed by atoms with E-state index in [1.807, 2.05) is 0 Å². The lowest BCUT2D eigenvalue weighted by atomic mass is 9.97. The molecule has 2 aromatic rings. The maximum Gasteiger partial charge on any atom is 0.416 e. The van der Waals surface area contributed by atoms with Crippen LogP contribution in [0.3, 0.4) is 0 Å². The summed E-state index contributed by atoms with van der Waals surface area (Å²) in [5, 5.41) is 0. The van der Waals surface area contributed by atoms with E-state index in [0.29, 0.717) is 18.6 Å².